The first-order valence-electron chi connectivity index (χ1n) is 9.45. The molecule has 1 amide bonds. The topological polar surface area (TPSA) is 54.9 Å². The molecule has 4 rings (SSSR count). The van der Waals surface area contributed by atoms with E-state index in [1.807, 2.05) is 41.6 Å². The lowest BCUT2D eigenvalue weighted by atomic mass is 10.0. The van der Waals surface area contributed by atoms with Crippen LogP contribution < -0.4 is 9.64 Å². The average molecular weight is 367 g/mol. The minimum atomic E-state index is -0.137. The fourth-order valence-corrected chi connectivity index (χ4v) is 3.93. The largest absolute Gasteiger partial charge is 0.497 e. The standard InChI is InChI=1S/C21H25N3O3/c1-26-17-6-4-5-16(11-17)13-24-20(14-27-15-21(24)25)18-12-22-8-7-19(18)23-9-2-3-10-23/h4-8,11-12,20H,2-3,9-10,13-15H2,1H3. The van der Waals surface area contributed by atoms with Crippen LogP contribution in [0, 0.1) is 0 Å². The summed E-state index contributed by atoms with van der Waals surface area (Å²) in [6.45, 7) is 3.24. The summed E-state index contributed by atoms with van der Waals surface area (Å²) in [6, 6.07) is 9.78. The highest BCUT2D eigenvalue weighted by Crippen LogP contribution is 2.34. The van der Waals surface area contributed by atoms with Gasteiger partial charge < -0.3 is 19.3 Å². The number of methoxy groups -OCH3 is 1. The number of aromatic nitrogens is 1. The molecule has 2 aromatic rings. The Kier molecular flexibility index (Phi) is 5.25. The maximum atomic E-state index is 12.7. The Hall–Kier alpha value is -2.60. The fraction of sp³-hybridized carbons (Fsp3) is 0.429. The summed E-state index contributed by atoms with van der Waals surface area (Å²) in [4.78, 5) is 21.4. The van der Waals surface area contributed by atoms with Crippen LogP contribution in [0.25, 0.3) is 0 Å². The number of amides is 1. The van der Waals surface area contributed by atoms with Crippen molar-refractivity contribution in [3.63, 3.8) is 0 Å². The van der Waals surface area contributed by atoms with Crippen LogP contribution in [0.1, 0.15) is 30.0 Å². The number of ether oxygens (including phenoxy) is 2. The smallest absolute Gasteiger partial charge is 0.249 e. The van der Waals surface area contributed by atoms with Crippen molar-refractivity contribution in [3.05, 3.63) is 53.9 Å². The van der Waals surface area contributed by atoms with E-state index in [-0.39, 0.29) is 18.6 Å². The summed E-state index contributed by atoms with van der Waals surface area (Å²) in [7, 11) is 1.65. The second-order valence-electron chi connectivity index (χ2n) is 7.03. The molecule has 27 heavy (non-hydrogen) atoms. The van der Waals surface area contributed by atoms with Gasteiger partial charge >= 0.3 is 0 Å². The highest BCUT2D eigenvalue weighted by Gasteiger charge is 2.33. The number of hydrogen-bond acceptors (Lipinski definition) is 5. The zero-order chi connectivity index (χ0) is 18.6. The molecular formula is C21H25N3O3. The summed E-state index contributed by atoms with van der Waals surface area (Å²) >= 11 is 0. The Morgan fingerprint density at radius 2 is 2.11 bits per heavy atom. The summed E-state index contributed by atoms with van der Waals surface area (Å²) < 4.78 is 10.9. The summed E-state index contributed by atoms with van der Waals surface area (Å²) in [6.07, 6.45) is 6.12. The van der Waals surface area contributed by atoms with E-state index in [2.05, 4.69) is 16.0 Å². The molecule has 0 spiro atoms. The molecule has 2 aliphatic rings. The van der Waals surface area contributed by atoms with Crippen LogP contribution in [0.15, 0.2) is 42.7 Å². The highest BCUT2D eigenvalue weighted by molar-refractivity contribution is 5.79. The van der Waals surface area contributed by atoms with Crippen molar-refractivity contribution in [1.29, 1.82) is 0 Å². The lowest BCUT2D eigenvalue weighted by Gasteiger charge is -2.37. The maximum Gasteiger partial charge on any atom is 0.249 e. The number of rotatable bonds is 5. The molecule has 1 aromatic heterocycles. The molecule has 0 saturated carbocycles. The van der Waals surface area contributed by atoms with Gasteiger partial charge in [-0.15, -0.1) is 0 Å². The average Bonchev–Trinajstić information content (AvgIpc) is 3.24. The van der Waals surface area contributed by atoms with Gasteiger partial charge in [0.2, 0.25) is 5.91 Å². The molecule has 3 heterocycles. The van der Waals surface area contributed by atoms with Crippen molar-refractivity contribution in [2.24, 2.45) is 0 Å². The number of morpholine rings is 1. The monoisotopic (exact) mass is 367 g/mol. The summed E-state index contributed by atoms with van der Waals surface area (Å²) in [5.41, 5.74) is 3.28. The zero-order valence-corrected chi connectivity index (χ0v) is 15.6. The van der Waals surface area contributed by atoms with E-state index in [1.54, 1.807) is 7.11 Å². The summed E-state index contributed by atoms with van der Waals surface area (Å²) in [5, 5.41) is 0. The van der Waals surface area contributed by atoms with Gasteiger partial charge in [0, 0.05) is 43.3 Å². The van der Waals surface area contributed by atoms with Crippen LogP contribution in [0.4, 0.5) is 5.69 Å². The van der Waals surface area contributed by atoms with E-state index in [4.69, 9.17) is 9.47 Å². The van der Waals surface area contributed by atoms with Crippen LogP contribution in [0.2, 0.25) is 0 Å². The number of pyridine rings is 1. The van der Waals surface area contributed by atoms with Crippen molar-refractivity contribution in [3.8, 4) is 5.75 Å². The molecule has 142 valence electrons. The van der Waals surface area contributed by atoms with Gasteiger partial charge in [0.25, 0.3) is 0 Å². The molecule has 6 heteroatoms. The fourth-order valence-electron chi connectivity index (χ4n) is 3.93. The Bertz CT molecular complexity index is 805. The van der Waals surface area contributed by atoms with E-state index < -0.39 is 0 Å². The zero-order valence-electron chi connectivity index (χ0n) is 15.6. The minimum absolute atomic E-state index is 0.00490. The van der Waals surface area contributed by atoms with Crippen molar-refractivity contribution >= 4 is 11.6 Å². The highest BCUT2D eigenvalue weighted by atomic mass is 16.5. The molecule has 2 aliphatic heterocycles. The van der Waals surface area contributed by atoms with Gasteiger partial charge in [-0.3, -0.25) is 9.78 Å². The lowest BCUT2D eigenvalue weighted by molar-refractivity contribution is -0.149. The SMILES string of the molecule is COc1cccc(CN2C(=O)COCC2c2cnccc2N2CCCC2)c1. The Morgan fingerprint density at radius 3 is 2.93 bits per heavy atom. The van der Waals surface area contributed by atoms with Crippen molar-refractivity contribution < 1.29 is 14.3 Å². The van der Waals surface area contributed by atoms with Gasteiger partial charge in [-0.2, -0.15) is 0 Å². The van der Waals surface area contributed by atoms with Crippen LogP contribution in [0.3, 0.4) is 0 Å². The first-order chi connectivity index (χ1) is 13.3. The normalized spacial score (nSPS) is 20.2. The van der Waals surface area contributed by atoms with E-state index >= 15 is 0 Å². The molecule has 0 N–H and O–H groups in total. The van der Waals surface area contributed by atoms with E-state index in [0.29, 0.717) is 13.2 Å². The second kappa shape index (κ2) is 7.96. The predicted octanol–water partition coefficient (Wildman–Crippen LogP) is 2.79. The molecule has 0 radical (unpaired) electrons. The third-order valence-electron chi connectivity index (χ3n) is 5.32. The minimum Gasteiger partial charge on any atom is -0.497 e. The lowest BCUT2D eigenvalue weighted by Crippen LogP contribution is -2.44. The third kappa shape index (κ3) is 3.76. The summed E-state index contributed by atoms with van der Waals surface area (Å²) in [5.74, 6) is 0.800. The van der Waals surface area contributed by atoms with E-state index in [0.717, 1.165) is 30.0 Å². The molecule has 1 aromatic carbocycles. The Balaban J connectivity index is 1.65. The van der Waals surface area contributed by atoms with Crippen LogP contribution >= 0.6 is 0 Å². The van der Waals surface area contributed by atoms with Crippen LogP contribution in [-0.2, 0) is 16.1 Å². The number of anilines is 1. The second-order valence-corrected chi connectivity index (χ2v) is 7.03. The maximum absolute atomic E-state index is 12.7. The predicted molar refractivity (Wildman–Crippen MR) is 103 cm³/mol. The van der Waals surface area contributed by atoms with Crippen LogP contribution in [0.5, 0.6) is 5.75 Å². The quantitative estimate of drug-likeness (QED) is 0.813. The van der Waals surface area contributed by atoms with Crippen molar-refractivity contribution in [1.82, 2.24) is 9.88 Å². The number of carbonyl (C=O) groups is 1. The first kappa shape index (κ1) is 17.8. The molecule has 0 aliphatic carbocycles. The van der Waals surface area contributed by atoms with Gasteiger partial charge in [-0.05, 0) is 36.6 Å². The van der Waals surface area contributed by atoms with E-state index in [1.165, 1.54) is 18.5 Å². The number of benzene rings is 1. The van der Waals surface area contributed by atoms with Crippen molar-refractivity contribution in [2.45, 2.75) is 25.4 Å². The number of carbonyl (C=O) groups excluding carboxylic acids is 1. The molecular weight excluding hydrogens is 342 g/mol. The molecule has 1 atom stereocenters. The molecule has 6 nitrogen and oxygen atoms in total. The number of hydrogen-bond donors (Lipinski definition) is 0. The van der Waals surface area contributed by atoms with Crippen LogP contribution in [-0.4, -0.2) is 49.2 Å². The molecule has 2 saturated heterocycles. The van der Waals surface area contributed by atoms with Gasteiger partial charge in [-0.1, -0.05) is 12.1 Å². The van der Waals surface area contributed by atoms with Gasteiger partial charge in [0.15, 0.2) is 0 Å². The van der Waals surface area contributed by atoms with Gasteiger partial charge in [-0.25, -0.2) is 0 Å². The van der Waals surface area contributed by atoms with E-state index in [9.17, 15) is 4.79 Å². The first-order valence-corrected chi connectivity index (χ1v) is 9.45. The Labute approximate surface area is 159 Å². The van der Waals surface area contributed by atoms with Gasteiger partial charge in [0.05, 0.1) is 19.8 Å². The third-order valence-corrected chi connectivity index (χ3v) is 5.32. The molecule has 2 fully saturated rings. The number of nitrogens with zero attached hydrogens (tertiary/aromatic N) is 3. The van der Waals surface area contributed by atoms with Gasteiger partial charge in [0.1, 0.15) is 12.4 Å². The molecule has 0 bridgehead atoms. The Morgan fingerprint density at radius 1 is 1.26 bits per heavy atom. The van der Waals surface area contributed by atoms with Crippen molar-refractivity contribution in [2.75, 3.05) is 38.3 Å². The molecule has 1 unspecified atom stereocenters.